The monoisotopic (exact) mass is 284 g/mol. The molecule has 0 atom stereocenters. The fourth-order valence-electron chi connectivity index (χ4n) is 1.12. The fourth-order valence-corrected chi connectivity index (χ4v) is 3.85. The highest BCUT2D eigenvalue weighted by Gasteiger charge is 2.24. The Morgan fingerprint density at radius 2 is 1.79 bits per heavy atom. The summed E-state index contributed by atoms with van der Waals surface area (Å²) in [5.41, 5.74) is -0.157. The minimum Gasteiger partial charge on any atom is -0.229 e. The van der Waals surface area contributed by atoms with Gasteiger partial charge in [-0.2, -0.15) is 0 Å². The van der Waals surface area contributed by atoms with Crippen molar-refractivity contribution in [2.45, 2.75) is 34.1 Å². The predicted octanol–water partition coefficient (Wildman–Crippen LogP) is 2.87. The summed E-state index contributed by atoms with van der Waals surface area (Å²) in [5, 5.41) is 0.723. The van der Waals surface area contributed by atoms with Crippen molar-refractivity contribution in [3.8, 4) is 0 Å². The van der Waals surface area contributed by atoms with E-state index in [1.165, 1.54) is 0 Å². The molecule has 86 valence electrons. The lowest BCUT2D eigenvalue weighted by atomic mass is 10.0. The molecule has 0 amide bonds. The zero-order chi connectivity index (χ0) is 11.4. The molecule has 0 aromatic carbocycles. The molecule has 14 heavy (non-hydrogen) atoms. The lowest BCUT2D eigenvalue weighted by Crippen LogP contribution is -2.27. The first-order chi connectivity index (χ1) is 6.18. The van der Waals surface area contributed by atoms with Crippen molar-refractivity contribution < 1.29 is 8.42 Å². The van der Waals surface area contributed by atoms with Gasteiger partial charge in [0.2, 0.25) is 0 Å². The molecular formula is C10H21BrO2S. The van der Waals surface area contributed by atoms with Gasteiger partial charge < -0.3 is 0 Å². The summed E-state index contributed by atoms with van der Waals surface area (Å²) in [6, 6.07) is 0. The molecule has 0 aliphatic carbocycles. The van der Waals surface area contributed by atoms with Crippen molar-refractivity contribution in [1.82, 2.24) is 0 Å². The third-order valence-electron chi connectivity index (χ3n) is 1.98. The Morgan fingerprint density at radius 1 is 1.29 bits per heavy atom. The number of halogens is 1. The molecule has 0 rings (SSSR count). The van der Waals surface area contributed by atoms with Gasteiger partial charge in [-0.25, -0.2) is 8.42 Å². The molecule has 0 unspecified atom stereocenters. The van der Waals surface area contributed by atoms with Crippen LogP contribution in [0.1, 0.15) is 34.1 Å². The maximum absolute atomic E-state index is 11.7. The zero-order valence-corrected chi connectivity index (χ0v) is 11.9. The lowest BCUT2D eigenvalue weighted by Gasteiger charge is -2.21. The van der Waals surface area contributed by atoms with E-state index in [0.29, 0.717) is 11.7 Å². The van der Waals surface area contributed by atoms with Crippen molar-refractivity contribution in [2.75, 3.05) is 16.8 Å². The molecule has 0 aliphatic heterocycles. The molecule has 4 heteroatoms. The second-order valence-corrected chi connectivity index (χ2v) is 7.82. The summed E-state index contributed by atoms with van der Waals surface area (Å²) < 4.78 is 23.4. The van der Waals surface area contributed by atoms with Crippen LogP contribution in [0.25, 0.3) is 0 Å². The van der Waals surface area contributed by atoms with Gasteiger partial charge in [0, 0.05) is 5.33 Å². The highest BCUT2D eigenvalue weighted by Crippen LogP contribution is 2.21. The molecule has 0 radical (unpaired) electrons. The van der Waals surface area contributed by atoms with Crippen LogP contribution in [0.4, 0.5) is 0 Å². The Bertz CT molecular complexity index is 255. The largest absolute Gasteiger partial charge is 0.229 e. The van der Waals surface area contributed by atoms with Crippen molar-refractivity contribution >= 4 is 25.8 Å². The Hall–Kier alpha value is 0.430. The maximum Gasteiger partial charge on any atom is 0.150 e. The molecule has 0 saturated heterocycles. The number of alkyl halides is 1. The van der Waals surface area contributed by atoms with E-state index in [4.69, 9.17) is 0 Å². The summed E-state index contributed by atoms with van der Waals surface area (Å²) >= 11 is 3.34. The number of hydrogen-bond acceptors (Lipinski definition) is 2. The van der Waals surface area contributed by atoms with Crippen molar-refractivity contribution in [3.05, 3.63) is 0 Å². The van der Waals surface area contributed by atoms with E-state index >= 15 is 0 Å². The Labute approximate surface area is 96.5 Å². The van der Waals surface area contributed by atoms with Crippen LogP contribution in [0.3, 0.4) is 0 Å². The van der Waals surface area contributed by atoms with Gasteiger partial charge in [-0.05, 0) is 17.8 Å². The van der Waals surface area contributed by atoms with Gasteiger partial charge in [0.25, 0.3) is 0 Å². The van der Waals surface area contributed by atoms with Crippen molar-refractivity contribution in [3.63, 3.8) is 0 Å². The minimum atomic E-state index is -2.88. The van der Waals surface area contributed by atoms with Gasteiger partial charge in [-0.3, -0.25) is 0 Å². The van der Waals surface area contributed by atoms with Crippen LogP contribution in [-0.2, 0) is 9.84 Å². The standard InChI is InChI=1S/C10H21BrO2S/c1-9(2)5-6-14(12,13)8-10(3,4)7-11/h9H,5-8H2,1-4H3. The Morgan fingerprint density at radius 3 is 2.14 bits per heavy atom. The maximum atomic E-state index is 11.7. The first-order valence-corrected chi connectivity index (χ1v) is 7.89. The van der Waals surface area contributed by atoms with Crippen LogP contribution in [0.2, 0.25) is 0 Å². The van der Waals surface area contributed by atoms with E-state index in [0.717, 1.165) is 11.8 Å². The summed E-state index contributed by atoms with van der Waals surface area (Å²) in [6.45, 7) is 8.03. The average Bonchev–Trinajstić information content (AvgIpc) is 1.99. The van der Waals surface area contributed by atoms with Gasteiger partial charge in [-0.15, -0.1) is 0 Å². The van der Waals surface area contributed by atoms with Gasteiger partial charge in [0.05, 0.1) is 11.5 Å². The topological polar surface area (TPSA) is 34.1 Å². The normalized spacial score (nSPS) is 13.6. The Balaban J connectivity index is 4.22. The SMILES string of the molecule is CC(C)CCS(=O)(=O)CC(C)(C)CBr. The van der Waals surface area contributed by atoms with Crippen LogP contribution in [0.15, 0.2) is 0 Å². The van der Waals surface area contributed by atoms with E-state index in [9.17, 15) is 8.42 Å². The molecule has 0 saturated carbocycles. The van der Waals surface area contributed by atoms with Crippen molar-refractivity contribution in [2.24, 2.45) is 11.3 Å². The molecule has 0 fully saturated rings. The van der Waals surface area contributed by atoms with E-state index in [-0.39, 0.29) is 11.2 Å². The highest BCUT2D eigenvalue weighted by molar-refractivity contribution is 9.09. The van der Waals surface area contributed by atoms with E-state index in [1.54, 1.807) is 0 Å². The lowest BCUT2D eigenvalue weighted by molar-refractivity contribution is 0.472. The first kappa shape index (κ1) is 14.4. The number of hydrogen-bond donors (Lipinski definition) is 0. The second-order valence-electron chi connectivity index (χ2n) is 5.07. The summed E-state index contributed by atoms with van der Waals surface area (Å²) in [7, 11) is -2.88. The Kier molecular flexibility index (Phi) is 5.67. The fraction of sp³-hybridized carbons (Fsp3) is 1.00. The molecule has 0 N–H and O–H groups in total. The van der Waals surface area contributed by atoms with E-state index in [2.05, 4.69) is 15.9 Å². The molecular weight excluding hydrogens is 264 g/mol. The molecule has 0 spiro atoms. The molecule has 0 heterocycles. The van der Waals surface area contributed by atoms with Crippen LogP contribution in [0.5, 0.6) is 0 Å². The number of rotatable bonds is 6. The summed E-state index contributed by atoms with van der Waals surface area (Å²) in [5.74, 6) is 1.05. The van der Waals surface area contributed by atoms with Gasteiger partial charge in [0.1, 0.15) is 0 Å². The molecule has 0 aromatic heterocycles. The van der Waals surface area contributed by atoms with Crippen LogP contribution in [-0.4, -0.2) is 25.3 Å². The van der Waals surface area contributed by atoms with E-state index < -0.39 is 9.84 Å². The van der Waals surface area contributed by atoms with Crippen LogP contribution < -0.4 is 0 Å². The van der Waals surface area contributed by atoms with Crippen molar-refractivity contribution in [1.29, 1.82) is 0 Å². The quantitative estimate of drug-likeness (QED) is 0.703. The van der Waals surface area contributed by atoms with Gasteiger partial charge in [-0.1, -0.05) is 43.6 Å². The molecule has 2 nitrogen and oxygen atoms in total. The van der Waals surface area contributed by atoms with E-state index in [1.807, 2.05) is 27.7 Å². The third kappa shape index (κ3) is 6.82. The van der Waals surface area contributed by atoms with Crippen LogP contribution in [0, 0.1) is 11.3 Å². The van der Waals surface area contributed by atoms with Gasteiger partial charge in [0.15, 0.2) is 9.84 Å². The smallest absolute Gasteiger partial charge is 0.150 e. The number of sulfone groups is 1. The average molecular weight is 285 g/mol. The van der Waals surface area contributed by atoms with Gasteiger partial charge >= 0.3 is 0 Å². The highest BCUT2D eigenvalue weighted by atomic mass is 79.9. The van der Waals surface area contributed by atoms with Crippen LogP contribution >= 0.6 is 15.9 Å². The molecule has 0 aliphatic rings. The third-order valence-corrected chi connectivity index (χ3v) is 5.58. The second kappa shape index (κ2) is 5.50. The molecule has 0 aromatic rings. The molecule has 0 bridgehead atoms. The minimum absolute atomic E-state index is 0.157. The summed E-state index contributed by atoms with van der Waals surface area (Å²) in [4.78, 5) is 0. The predicted molar refractivity (Wildman–Crippen MR) is 65.7 cm³/mol. The summed E-state index contributed by atoms with van der Waals surface area (Å²) in [6.07, 6.45) is 0.765. The zero-order valence-electron chi connectivity index (χ0n) is 9.51. The first-order valence-electron chi connectivity index (χ1n) is 4.95.